The summed E-state index contributed by atoms with van der Waals surface area (Å²) >= 11 is 0. The fourth-order valence-corrected chi connectivity index (χ4v) is 3.54. The maximum atomic E-state index is 14.7. The number of methoxy groups -OCH3 is 1. The van der Waals surface area contributed by atoms with Gasteiger partial charge in [-0.15, -0.1) is 0 Å². The van der Waals surface area contributed by atoms with E-state index in [4.69, 9.17) is 4.74 Å². The van der Waals surface area contributed by atoms with Crippen molar-refractivity contribution < 1.29 is 9.13 Å². The lowest BCUT2D eigenvalue weighted by Gasteiger charge is -2.15. The second-order valence-corrected chi connectivity index (χ2v) is 7.26. The Balaban J connectivity index is 1.33. The van der Waals surface area contributed by atoms with E-state index in [0.29, 0.717) is 36.3 Å². The zero-order valence-corrected chi connectivity index (χ0v) is 16.0. The van der Waals surface area contributed by atoms with Crippen LogP contribution in [0.2, 0.25) is 0 Å². The molecule has 0 aromatic carbocycles. The third-order valence-electron chi connectivity index (χ3n) is 5.21. The molecule has 0 atom stereocenters. The number of ether oxygens (including phenoxy) is 1. The average Bonchev–Trinajstić information content (AvgIpc) is 3.51. The molecule has 3 N–H and O–H groups in total. The summed E-state index contributed by atoms with van der Waals surface area (Å²) in [6.07, 6.45) is 6.42. The molecule has 0 saturated heterocycles. The second kappa shape index (κ2) is 7.20. The first kappa shape index (κ1) is 17.7. The topological polar surface area (TPSA) is 87.2 Å². The van der Waals surface area contributed by atoms with E-state index in [2.05, 4.69) is 30.6 Å². The normalized spacial score (nSPS) is 15.3. The Morgan fingerprint density at radius 3 is 2.83 bits per heavy atom. The molecule has 0 unspecified atom stereocenters. The summed E-state index contributed by atoms with van der Waals surface area (Å²) in [4.78, 5) is 16.0. The number of pyridine rings is 2. The highest BCUT2D eigenvalue weighted by molar-refractivity contribution is 6.01. The van der Waals surface area contributed by atoms with Crippen molar-refractivity contribution in [3.05, 3.63) is 65.0 Å². The number of hydrogen-bond donors (Lipinski definition) is 3. The van der Waals surface area contributed by atoms with Crippen molar-refractivity contribution in [2.24, 2.45) is 4.99 Å². The first-order chi connectivity index (χ1) is 14.2. The number of rotatable bonds is 5. The van der Waals surface area contributed by atoms with Gasteiger partial charge in [0.05, 0.1) is 24.6 Å². The van der Waals surface area contributed by atoms with Gasteiger partial charge in [0, 0.05) is 29.8 Å². The van der Waals surface area contributed by atoms with E-state index in [9.17, 15) is 4.39 Å². The third-order valence-corrected chi connectivity index (χ3v) is 5.21. The SMILES string of the molecule is COC1=NCNc2[nH]cc(Cc3ccc(Nc4ccc(C5CC5)nc4)nc3F)c21. The summed E-state index contributed by atoms with van der Waals surface area (Å²) in [5.41, 5.74) is 4.14. The van der Waals surface area contributed by atoms with Crippen molar-refractivity contribution in [2.45, 2.75) is 25.2 Å². The quantitative estimate of drug-likeness (QED) is 0.573. The molecule has 29 heavy (non-hydrogen) atoms. The highest BCUT2D eigenvalue weighted by Gasteiger charge is 2.24. The van der Waals surface area contributed by atoms with Gasteiger partial charge in [0.1, 0.15) is 18.3 Å². The number of anilines is 3. The molecular formula is C21H21FN6O. The summed E-state index contributed by atoms with van der Waals surface area (Å²) in [7, 11) is 1.58. The van der Waals surface area contributed by atoms with Crippen LogP contribution in [0, 0.1) is 5.95 Å². The second-order valence-electron chi connectivity index (χ2n) is 7.26. The Morgan fingerprint density at radius 1 is 1.21 bits per heavy atom. The van der Waals surface area contributed by atoms with Gasteiger partial charge in [-0.3, -0.25) is 4.98 Å². The van der Waals surface area contributed by atoms with Crippen LogP contribution in [0.4, 0.5) is 21.7 Å². The zero-order chi connectivity index (χ0) is 19.8. The molecule has 1 aliphatic heterocycles. The maximum absolute atomic E-state index is 14.7. The fraction of sp³-hybridized carbons (Fsp3) is 0.286. The molecule has 7 nitrogen and oxygen atoms in total. The van der Waals surface area contributed by atoms with Crippen LogP contribution in [0.25, 0.3) is 0 Å². The van der Waals surface area contributed by atoms with Crippen molar-refractivity contribution in [3.8, 4) is 0 Å². The van der Waals surface area contributed by atoms with E-state index in [1.807, 2.05) is 18.3 Å². The smallest absolute Gasteiger partial charge is 0.221 e. The highest BCUT2D eigenvalue weighted by atomic mass is 19.1. The lowest BCUT2D eigenvalue weighted by Crippen LogP contribution is -2.17. The van der Waals surface area contributed by atoms with Gasteiger partial charge in [-0.25, -0.2) is 9.98 Å². The standard InChI is InChI=1S/C21H21FN6O/c1-29-21-18-14(9-24-20(18)25-11-26-21)8-13-4-7-17(28-19(13)22)27-15-5-6-16(23-10-15)12-2-3-12/h4-7,9-10,12,24-25H,2-3,8,11H2,1H3,(H,27,28). The number of aromatic amines is 1. The van der Waals surface area contributed by atoms with Crippen molar-refractivity contribution in [1.29, 1.82) is 0 Å². The van der Waals surface area contributed by atoms with Gasteiger partial charge in [0.2, 0.25) is 11.8 Å². The van der Waals surface area contributed by atoms with Crippen LogP contribution in [0.3, 0.4) is 0 Å². The molecule has 0 amide bonds. The number of aliphatic imine (C=N–C) groups is 1. The molecule has 3 aromatic heterocycles. The van der Waals surface area contributed by atoms with Crippen molar-refractivity contribution >= 4 is 23.2 Å². The number of H-pyrrole nitrogens is 1. The minimum Gasteiger partial charge on any atom is -0.481 e. The highest BCUT2D eigenvalue weighted by Crippen LogP contribution is 2.39. The van der Waals surface area contributed by atoms with E-state index < -0.39 is 5.95 Å². The van der Waals surface area contributed by atoms with Gasteiger partial charge in [-0.1, -0.05) is 6.07 Å². The Labute approximate surface area is 167 Å². The first-order valence-electron chi connectivity index (χ1n) is 9.62. The average molecular weight is 392 g/mol. The molecule has 0 bridgehead atoms. The largest absolute Gasteiger partial charge is 0.481 e. The number of nitrogens with one attached hydrogen (secondary N) is 3. The summed E-state index contributed by atoms with van der Waals surface area (Å²) < 4.78 is 20.0. The molecular weight excluding hydrogens is 371 g/mol. The van der Waals surface area contributed by atoms with E-state index >= 15 is 0 Å². The molecule has 8 heteroatoms. The summed E-state index contributed by atoms with van der Waals surface area (Å²) in [5.74, 6) is 1.93. The van der Waals surface area contributed by atoms with Crippen LogP contribution in [0.1, 0.15) is 41.1 Å². The van der Waals surface area contributed by atoms with Crippen LogP contribution in [-0.2, 0) is 11.2 Å². The van der Waals surface area contributed by atoms with Crippen molar-refractivity contribution in [3.63, 3.8) is 0 Å². The summed E-state index contributed by atoms with van der Waals surface area (Å²) in [6.45, 7) is 0.447. The number of hydrogen-bond acceptors (Lipinski definition) is 6. The number of aromatic nitrogens is 3. The van der Waals surface area contributed by atoms with Gasteiger partial charge in [-0.2, -0.15) is 4.39 Å². The molecule has 1 aliphatic carbocycles. The predicted octanol–water partition coefficient (Wildman–Crippen LogP) is 3.93. The van der Waals surface area contributed by atoms with Crippen LogP contribution in [0.5, 0.6) is 0 Å². The fourth-order valence-electron chi connectivity index (χ4n) is 3.54. The minimum atomic E-state index is -0.507. The Kier molecular flexibility index (Phi) is 4.38. The van der Waals surface area contributed by atoms with E-state index in [1.54, 1.807) is 25.4 Å². The van der Waals surface area contributed by atoms with Crippen molar-refractivity contribution in [2.75, 3.05) is 24.4 Å². The molecule has 0 spiro atoms. The Morgan fingerprint density at radius 2 is 2.10 bits per heavy atom. The van der Waals surface area contributed by atoms with Crippen LogP contribution in [0.15, 0.2) is 41.7 Å². The van der Waals surface area contributed by atoms with Crippen molar-refractivity contribution in [1.82, 2.24) is 15.0 Å². The van der Waals surface area contributed by atoms with E-state index in [-0.39, 0.29) is 0 Å². The molecule has 148 valence electrons. The lowest BCUT2D eigenvalue weighted by atomic mass is 10.0. The first-order valence-corrected chi connectivity index (χ1v) is 9.62. The van der Waals surface area contributed by atoms with Crippen LogP contribution >= 0.6 is 0 Å². The van der Waals surface area contributed by atoms with Gasteiger partial charge in [-0.05, 0) is 36.6 Å². The minimum absolute atomic E-state index is 0.382. The lowest BCUT2D eigenvalue weighted by molar-refractivity contribution is 0.402. The molecule has 3 aromatic rings. The third kappa shape index (κ3) is 3.53. The maximum Gasteiger partial charge on any atom is 0.221 e. The molecule has 1 saturated carbocycles. The summed E-state index contributed by atoms with van der Waals surface area (Å²) in [5, 5.41) is 6.27. The predicted molar refractivity (Wildman–Crippen MR) is 109 cm³/mol. The molecule has 0 radical (unpaired) electrons. The monoisotopic (exact) mass is 392 g/mol. The van der Waals surface area contributed by atoms with E-state index in [0.717, 1.165) is 28.3 Å². The molecule has 2 aliphatic rings. The number of fused-ring (bicyclic) bond motifs is 1. The Hall–Kier alpha value is -3.42. The molecule has 5 rings (SSSR count). The van der Waals surface area contributed by atoms with Gasteiger partial charge in [0.25, 0.3) is 0 Å². The van der Waals surface area contributed by atoms with Gasteiger partial charge >= 0.3 is 0 Å². The summed E-state index contributed by atoms with van der Waals surface area (Å²) in [6, 6.07) is 7.49. The van der Waals surface area contributed by atoms with Gasteiger partial charge < -0.3 is 20.4 Å². The Bertz CT molecular complexity index is 1070. The zero-order valence-electron chi connectivity index (χ0n) is 16.0. The number of nitrogens with zero attached hydrogens (tertiary/aromatic N) is 3. The van der Waals surface area contributed by atoms with Crippen LogP contribution < -0.4 is 10.6 Å². The number of halogens is 1. The molecule has 4 heterocycles. The molecule has 1 fully saturated rings. The van der Waals surface area contributed by atoms with Gasteiger partial charge in [0.15, 0.2) is 0 Å². The van der Waals surface area contributed by atoms with Crippen LogP contribution in [-0.4, -0.2) is 34.6 Å². The van der Waals surface area contributed by atoms with E-state index in [1.165, 1.54) is 12.8 Å².